The first-order valence-corrected chi connectivity index (χ1v) is 53.1. The molecule has 123 heavy (non-hydrogen) atoms. The fraction of sp³-hybridized carbons (Fsp3) is 0.743. The number of aliphatic hydroxyl groups is 2. The lowest BCUT2D eigenvalue weighted by Crippen LogP contribution is -2.30. The molecule has 0 aliphatic rings. The Morgan fingerprint density at radius 2 is 0.407 bits per heavy atom. The molecule has 0 spiro atoms. The number of rotatable bonds is 95. The van der Waals surface area contributed by atoms with Gasteiger partial charge in [0, 0.05) is 19.3 Å². The molecule has 0 aromatic heterocycles. The van der Waals surface area contributed by atoms with Crippen LogP contribution in [0.4, 0.5) is 0 Å². The van der Waals surface area contributed by atoms with Gasteiger partial charge in [-0.25, -0.2) is 9.13 Å². The fourth-order valence-corrected chi connectivity index (χ4v) is 15.5. The summed E-state index contributed by atoms with van der Waals surface area (Å²) in [6, 6.07) is 0. The topological polar surface area (TPSA) is 231 Å². The highest BCUT2D eigenvalue weighted by Crippen LogP contribution is 2.45. The fourth-order valence-electron chi connectivity index (χ4n) is 13.9. The van der Waals surface area contributed by atoms with Crippen molar-refractivity contribution < 1.29 is 75.8 Å². The minimum absolute atomic E-state index is 0.0908. The summed E-state index contributed by atoms with van der Waals surface area (Å²) in [6.45, 7) is 2.66. The summed E-state index contributed by atoms with van der Waals surface area (Å²) in [5.74, 6) is -1.57. The Morgan fingerprint density at radius 1 is 0.228 bits per heavy atom. The number of ether oxygens (including phenoxy) is 3. The molecule has 0 bridgehead atoms. The van der Waals surface area contributed by atoms with E-state index in [0.717, 1.165) is 141 Å². The molecule has 5 atom stereocenters. The maximum Gasteiger partial charge on any atom is 0.472 e. The van der Waals surface area contributed by atoms with Crippen molar-refractivity contribution in [2.24, 2.45) is 0 Å². The van der Waals surface area contributed by atoms with Crippen molar-refractivity contribution in [3.63, 3.8) is 0 Å². The molecule has 0 fully saturated rings. The highest BCUT2D eigenvalue weighted by Gasteiger charge is 2.30. The van der Waals surface area contributed by atoms with Crippen LogP contribution in [-0.2, 0) is 55.8 Å². The summed E-state index contributed by atoms with van der Waals surface area (Å²) in [6.07, 6.45) is 123. The number of aliphatic hydroxyl groups excluding tert-OH is 2. The number of allylic oxidation sites excluding steroid dienone is 24. The number of esters is 3. The summed E-state index contributed by atoms with van der Waals surface area (Å²) < 4.78 is 61.6. The second-order valence-corrected chi connectivity index (χ2v) is 36.5. The van der Waals surface area contributed by atoms with E-state index >= 15 is 0 Å². The van der Waals surface area contributed by atoms with Gasteiger partial charge in [0.2, 0.25) is 0 Å². The van der Waals surface area contributed by atoms with Crippen molar-refractivity contribution in [3.8, 4) is 0 Å². The minimum Gasteiger partial charge on any atom is -0.463 e. The molecule has 0 aromatic carbocycles. The van der Waals surface area contributed by atoms with E-state index in [-0.39, 0.29) is 19.3 Å². The summed E-state index contributed by atoms with van der Waals surface area (Å²) in [5, 5.41) is 20.8. The van der Waals surface area contributed by atoms with E-state index in [1.165, 1.54) is 244 Å². The summed E-state index contributed by atoms with van der Waals surface area (Å²) in [5.41, 5.74) is 0. The maximum atomic E-state index is 13.1. The third-order valence-corrected chi connectivity index (χ3v) is 23.4. The van der Waals surface area contributed by atoms with Gasteiger partial charge >= 0.3 is 33.6 Å². The molecule has 0 aromatic rings. The van der Waals surface area contributed by atoms with Crippen molar-refractivity contribution in [1.82, 2.24) is 0 Å². The third kappa shape index (κ3) is 97.9. The van der Waals surface area contributed by atoms with E-state index in [1.807, 2.05) is 0 Å². The summed E-state index contributed by atoms with van der Waals surface area (Å²) in [4.78, 5) is 59.1. The first kappa shape index (κ1) is 118. The Hall–Kier alpha value is -4.57. The average Bonchev–Trinajstić information content (AvgIpc) is 0.898. The predicted octanol–water partition coefficient (Wildman–Crippen LogP) is 31.5. The first-order valence-electron chi connectivity index (χ1n) is 50.1. The highest BCUT2D eigenvalue weighted by molar-refractivity contribution is 7.47. The molecule has 0 saturated carbocycles. The van der Waals surface area contributed by atoms with E-state index in [9.17, 15) is 43.5 Å². The van der Waals surface area contributed by atoms with Gasteiger partial charge in [-0.3, -0.25) is 32.5 Å². The Bertz CT molecular complexity index is 2820. The Morgan fingerprint density at radius 3 is 0.642 bits per heavy atom. The van der Waals surface area contributed by atoms with E-state index in [2.05, 4.69) is 167 Å². The van der Waals surface area contributed by atoms with E-state index in [4.69, 9.17) is 32.3 Å². The molecule has 0 aliphatic heterocycles. The molecule has 18 heteroatoms. The second-order valence-electron chi connectivity index (χ2n) is 33.6. The number of phosphoric ester groups is 2. The van der Waals surface area contributed by atoms with Crippen LogP contribution in [0.1, 0.15) is 445 Å². The van der Waals surface area contributed by atoms with Crippen molar-refractivity contribution in [1.29, 1.82) is 0 Å². The second kappa shape index (κ2) is 96.5. The van der Waals surface area contributed by atoms with Crippen LogP contribution in [0.25, 0.3) is 0 Å². The zero-order valence-corrected chi connectivity index (χ0v) is 80.4. The van der Waals surface area contributed by atoms with Gasteiger partial charge in [0.1, 0.15) is 25.4 Å². The Labute approximate surface area is 753 Å². The standard InChI is InChI=1S/C105H184O16P2/c1-4-7-10-13-16-19-22-25-28-31-34-37-40-42-44-46-48-49-51-53-54-56-59-61-64-67-70-73-76-79-82-85-88-91-103(108)115-94-100(106)95-117-122(111,112)118-96-101(107)97-119-123(113,114)120-99-102(121-105(110)93-90-87-84-81-78-75-72-69-66-63-58-39-36-33-30-27-24-21-18-15-12-9-6-3)98-116-104(109)92-89-86-83-80-77-74-71-68-65-62-60-57-55-52-50-47-45-43-41-38-35-32-29-26-23-20-17-14-11-8-5-2/h16-21,25-30,34-39,42-45,63,66,100-102,106-107H,4-15,22-24,31-33,40-41,46-62,64-65,67-99H2,1-3H3,(H,111,112)(H,113,114)/b19-16-,20-17-,21-18-,28-25-,29-26-,30-27-,37-34-,38-35-,39-36-,44-42-,45-43-,66-63-. The van der Waals surface area contributed by atoms with Gasteiger partial charge in [-0.15, -0.1) is 0 Å². The SMILES string of the molecule is CCCCC/C=C\C/C=C\C/C=C\C/C=C\CCCCCCCCCCCCCCCCCCCC(=O)OCC(O)COP(=O)(O)OCC(O)COP(=O)(O)OCC(COC(=O)CCCCCCCCCCCCCCCCC/C=C\C/C=C\C/C=C\C/C=C\CCCCC)OC(=O)CCCCCCCCC/C=C\C/C=C\C/C=C\C/C=C\CCCCC. The minimum atomic E-state index is -4.95. The number of carbonyl (C=O) groups is 3. The molecular weight excluding hydrogens is 1580 g/mol. The molecule has 0 rings (SSSR count). The summed E-state index contributed by atoms with van der Waals surface area (Å²) in [7, 11) is -9.82. The van der Waals surface area contributed by atoms with Gasteiger partial charge in [-0.2, -0.15) is 0 Å². The molecule has 4 N–H and O–H groups in total. The molecule has 0 radical (unpaired) electrons. The van der Waals surface area contributed by atoms with Crippen molar-refractivity contribution in [2.45, 2.75) is 463 Å². The largest absolute Gasteiger partial charge is 0.472 e. The van der Waals surface area contributed by atoms with Gasteiger partial charge in [-0.05, 0) is 154 Å². The predicted molar refractivity (Wildman–Crippen MR) is 519 cm³/mol. The Kier molecular flexibility index (Phi) is 92.9. The van der Waals surface area contributed by atoms with Crippen LogP contribution in [0, 0.1) is 0 Å². The van der Waals surface area contributed by atoms with Crippen LogP contribution in [0.5, 0.6) is 0 Å². The van der Waals surface area contributed by atoms with E-state index in [0.29, 0.717) is 19.3 Å². The van der Waals surface area contributed by atoms with E-state index < -0.39 is 91.5 Å². The molecule has 710 valence electrons. The molecular formula is C105H184O16P2. The van der Waals surface area contributed by atoms with Crippen molar-refractivity contribution >= 4 is 33.6 Å². The lowest BCUT2D eigenvalue weighted by atomic mass is 10.0. The molecule has 5 unspecified atom stereocenters. The molecule has 16 nitrogen and oxygen atoms in total. The molecule has 0 amide bonds. The van der Waals surface area contributed by atoms with Crippen LogP contribution >= 0.6 is 15.6 Å². The first-order chi connectivity index (χ1) is 60.2. The van der Waals surface area contributed by atoms with Gasteiger partial charge < -0.3 is 34.2 Å². The zero-order valence-electron chi connectivity index (χ0n) is 78.6. The number of unbranched alkanes of at least 4 members (excludes halogenated alkanes) is 48. The maximum absolute atomic E-state index is 13.1. The van der Waals surface area contributed by atoms with Crippen LogP contribution in [0.3, 0.4) is 0 Å². The highest BCUT2D eigenvalue weighted by atomic mass is 31.2. The van der Waals surface area contributed by atoms with Gasteiger partial charge in [0.15, 0.2) is 6.10 Å². The van der Waals surface area contributed by atoms with Crippen LogP contribution < -0.4 is 0 Å². The van der Waals surface area contributed by atoms with Gasteiger partial charge in [0.25, 0.3) is 0 Å². The summed E-state index contributed by atoms with van der Waals surface area (Å²) >= 11 is 0. The van der Waals surface area contributed by atoms with Crippen molar-refractivity contribution in [3.05, 3.63) is 146 Å². The smallest absolute Gasteiger partial charge is 0.463 e. The van der Waals surface area contributed by atoms with Crippen LogP contribution in [0.15, 0.2) is 146 Å². The lowest BCUT2D eigenvalue weighted by Gasteiger charge is -2.21. The Balaban J connectivity index is 4.57. The van der Waals surface area contributed by atoms with E-state index in [1.54, 1.807) is 0 Å². The average molecular weight is 1760 g/mol. The lowest BCUT2D eigenvalue weighted by molar-refractivity contribution is -0.161. The third-order valence-electron chi connectivity index (χ3n) is 21.5. The molecule has 0 saturated heterocycles. The van der Waals surface area contributed by atoms with Gasteiger partial charge in [-0.1, -0.05) is 417 Å². The van der Waals surface area contributed by atoms with Crippen LogP contribution in [-0.4, -0.2) is 95.9 Å². The van der Waals surface area contributed by atoms with Crippen LogP contribution in [0.2, 0.25) is 0 Å². The van der Waals surface area contributed by atoms with Crippen molar-refractivity contribution in [2.75, 3.05) is 39.6 Å². The quantitative estimate of drug-likeness (QED) is 0.0146. The monoisotopic (exact) mass is 1760 g/mol. The molecule has 0 aliphatic carbocycles. The number of hydrogen-bond donors (Lipinski definition) is 4. The van der Waals surface area contributed by atoms with Gasteiger partial charge in [0.05, 0.1) is 26.4 Å². The normalized spacial score (nSPS) is 14.3. The molecule has 0 heterocycles. The number of phosphoric acid groups is 2. The number of carbonyl (C=O) groups excluding carboxylic acids is 3. The number of hydrogen-bond acceptors (Lipinski definition) is 14. The zero-order chi connectivity index (χ0) is 89.3.